The van der Waals surface area contributed by atoms with E-state index in [1.807, 2.05) is 20.8 Å². The second-order valence-corrected chi connectivity index (χ2v) is 8.80. The highest BCUT2D eigenvalue weighted by molar-refractivity contribution is 6.21. The van der Waals surface area contributed by atoms with Crippen LogP contribution in [0.15, 0.2) is 24.3 Å². The molecule has 0 saturated carbocycles. The molecule has 2 aliphatic heterocycles. The van der Waals surface area contributed by atoms with Crippen LogP contribution in [0.4, 0.5) is 9.59 Å². The summed E-state index contributed by atoms with van der Waals surface area (Å²) >= 11 is 0. The SMILES string of the molecule is CC(C)(C)OC(=O)N1CCC(NC(=O)NCCCN2C(=O)c3ccccc3C2=O)CC1. The molecular formula is C22H30N4O5. The fraction of sp³-hybridized carbons (Fsp3) is 0.545. The second kappa shape index (κ2) is 9.36. The van der Waals surface area contributed by atoms with Crippen LogP contribution < -0.4 is 10.6 Å². The Labute approximate surface area is 182 Å². The van der Waals surface area contributed by atoms with Crippen LogP contribution in [-0.2, 0) is 4.74 Å². The molecule has 0 spiro atoms. The molecule has 1 fully saturated rings. The number of nitrogens with one attached hydrogen (secondary N) is 2. The number of hydrogen-bond acceptors (Lipinski definition) is 5. The molecule has 3 rings (SSSR count). The van der Waals surface area contributed by atoms with Gasteiger partial charge in [-0.25, -0.2) is 9.59 Å². The van der Waals surface area contributed by atoms with Crippen molar-refractivity contribution >= 4 is 23.9 Å². The van der Waals surface area contributed by atoms with Gasteiger partial charge in [0, 0.05) is 32.2 Å². The molecular weight excluding hydrogens is 400 g/mol. The van der Waals surface area contributed by atoms with Crippen LogP contribution in [0.1, 0.15) is 60.7 Å². The van der Waals surface area contributed by atoms with Crippen molar-refractivity contribution in [2.45, 2.75) is 51.7 Å². The molecule has 168 valence electrons. The first-order chi connectivity index (χ1) is 14.7. The Bertz CT molecular complexity index is 821. The van der Waals surface area contributed by atoms with Gasteiger partial charge in [0.25, 0.3) is 11.8 Å². The summed E-state index contributed by atoms with van der Waals surface area (Å²) in [4.78, 5) is 51.7. The number of carbonyl (C=O) groups is 4. The number of carbonyl (C=O) groups excluding carboxylic acids is 4. The van der Waals surface area contributed by atoms with Gasteiger partial charge in [-0.15, -0.1) is 0 Å². The number of ether oxygens (including phenoxy) is 1. The summed E-state index contributed by atoms with van der Waals surface area (Å²) in [7, 11) is 0. The maximum atomic E-state index is 12.3. The number of nitrogens with zero attached hydrogens (tertiary/aromatic N) is 2. The van der Waals surface area contributed by atoms with Crippen molar-refractivity contribution in [3.63, 3.8) is 0 Å². The number of amides is 5. The molecule has 0 unspecified atom stereocenters. The van der Waals surface area contributed by atoms with Gasteiger partial charge in [-0.05, 0) is 52.2 Å². The van der Waals surface area contributed by atoms with Crippen LogP contribution in [0.5, 0.6) is 0 Å². The Morgan fingerprint density at radius 3 is 2.19 bits per heavy atom. The maximum absolute atomic E-state index is 12.3. The summed E-state index contributed by atoms with van der Waals surface area (Å²) < 4.78 is 5.37. The molecule has 0 atom stereocenters. The highest BCUT2D eigenvalue weighted by Crippen LogP contribution is 2.22. The van der Waals surface area contributed by atoms with Crippen LogP contribution >= 0.6 is 0 Å². The minimum absolute atomic E-state index is 0.0186. The van der Waals surface area contributed by atoms with Crippen LogP contribution in [-0.4, -0.2) is 71.6 Å². The first-order valence-electron chi connectivity index (χ1n) is 10.6. The molecule has 9 heteroatoms. The standard InChI is InChI=1S/C22H30N4O5/c1-22(2,3)31-21(30)25-13-9-15(10-14-25)24-20(29)23-11-6-12-26-18(27)16-7-4-5-8-17(16)19(26)28/h4-5,7-8,15H,6,9-14H2,1-3H3,(H2,23,24,29). The molecule has 1 aromatic carbocycles. The summed E-state index contributed by atoms with van der Waals surface area (Å²) in [5, 5.41) is 5.68. The molecule has 1 saturated heterocycles. The van der Waals surface area contributed by atoms with Crippen molar-refractivity contribution in [1.29, 1.82) is 0 Å². The van der Waals surface area contributed by atoms with E-state index in [2.05, 4.69) is 10.6 Å². The van der Waals surface area contributed by atoms with Gasteiger partial charge in [0.1, 0.15) is 5.60 Å². The lowest BCUT2D eigenvalue weighted by Crippen LogP contribution is -2.50. The molecule has 0 aliphatic carbocycles. The topological polar surface area (TPSA) is 108 Å². The molecule has 9 nitrogen and oxygen atoms in total. The number of likely N-dealkylation sites (tertiary alicyclic amines) is 1. The van der Waals surface area contributed by atoms with Crippen LogP contribution in [0.25, 0.3) is 0 Å². The van der Waals surface area contributed by atoms with Gasteiger partial charge in [0.15, 0.2) is 0 Å². The zero-order valence-electron chi connectivity index (χ0n) is 18.3. The van der Waals surface area contributed by atoms with E-state index in [0.29, 0.717) is 50.0 Å². The third-order valence-electron chi connectivity index (χ3n) is 5.20. The average molecular weight is 431 g/mol. The van der Waals surface area contributed by atoms with Gasteiger partial charge >= 0.3 is 12.1 Å². The first-order valence-corrected chi connectivity index (χ1v) is 10.6. The van der Waals surface area contributed by atoms with Gasteiger partial charge in [-0.3, -0.25) is 14.5 Å². The highest BCUT2D eigenvalue weighted by Gasteiger charge is 2.34. The Hall–Kier alpha value is -3.10. The monoisotopic (exact) mass is 430 g/mol. The summed E-state index contributed by atoms with van der Waals surface area (Å²) in [6.45, 7) is 7.14. The molecule has 0 bridgehead atoms. The zero-order chi connectivity index (χ0) is 22.6. The van der Waals surface area contributed by atoms with Crippen molar-refractivity contribution in [3.05, 3.63) is 35.4 Å². The fourth-order valence-electron chi connectivity index (χ4n) is 3.65. The Balaban J connectivity index is 1.33. The lowest BCUT2D eigenvalue weighted by Gasteiger charge is -2.33. The minimum atomic E-state index is -0.529. The van der Waals surface area contributed by atoms with Crippen LogP contribution in [0.3, 0.4) is 0 Å². The molecule has 5 amide bonds. The van der Waals surface area contributed by atoms with Gasteiger partial charge in [-0.1, -0.05) is 12.1 Å². The summed E-state index contributed by atoms with van der Waals surface area (Å²) in [5.41, 5.74) is 0.325. The highest BCUT2D eigenvalue weighted by atomic mass is 16.6. The number of hydrogen-bond donors (Lipinski definition) is 2. The van der Waals surface area contributed by atoms with E-state index in [1.54, 1.807) is 29.2 Å². The largest absolute Gasteiger partial charge is 0.444 e. The molecule has 31 heavy (non-hydrogen) atoms. The van der Waals surface area contributed by atoms with Gasteiger partial charge in [0.05, 0.1) is 11.1 Å². The van der Waals surface area contributed by atoms with Gasteiger partial charge < -0.3 is 20.3 Å². The van der Waals surface area contributed by atoms with E-state index in [0.717, 1.165) is 0 Å². The Morgan fingerprint density at radius 2 is 1.65 bits per heavy atom. The van der Waals surface area contributed by atoms with Crippen molar-refractivity contribution in [2.24, 2.45) is 0 Å². The lowest BCUT2D eigenvalue weighted by molar-refractivity contribution is 0.0201. The fourth-order valence-corrected chi connectivity index (χ4v) is 3.65. The first kappa shape index (κ1) is 22.6. The quantitative estimate of drug-likeness (QED) is 0.551. The number of rotatable bonds is 5. The zero-order valence-corrected chi connectivity index (χ0v) is 18.3. The van der Waals surface area contributed by atoms with Crippen LogP contribution in [0.2, 0.25) is 0 Å². The third kappa shape index (κ3) is 5.74. The molecule has 1 aromatic rings. The average Bonchev–Trinajstić information content (AvgIpc) is 2.95. The van der Waals surface area contributed by atoms with E-state index < -0.39 is 5.60 Å². The summed E-state index contributed by atoms with van der Waals surface area (Å²) in [6, 6.07) is 6.45. The number of urea groups is 1. The van der Waals surface area contributed by atoms with E-state index >= 15 is 0 Å². The summed E-state index contributed by atoms with van der Waals surface area (Å²) in [6.07, 6.45) is 1.45. The van der Waals surface area contributed by atoms with Crippen molar-refractivity contribution in [1.82, 2.24) is 20.4 Å². The number of imide groups is 1. The van der Waals surface area contributed by atoms with E-state index in [1.165, 1.54) is 4.90 Å². The minimum Gasteiger partial charge on any atom is -0.444 e. The third-order valence-corrected chi connectivity index (χ3v) is 5.20. The molecule has 0 aromatic heterocycles. The van der Waals surface area contributed by atoms with Crippen molar-refractivity contribution < 1.29 is 23.9 Å². The molecule has 2 heterocycles. The Morgan fingerprint density at radius 1 is 1.06 bits per heavy atom. The second-order valence-electron chi connectivity index (χ2n) is 8.80. The Kier molecular flexibility index (Phi) is 6.82. The maximum Gasteiger partial charge on any atom is 0.410 e. The van der Waals surface area contributed by atoms with Gasteiger partial charge in [0.2, 0.25) is 0 Å². The predicted octanol–water partition coefficient (Wildman–Crippen LogP) is 2.37. The van der Waals surface area contributed by atoms with Crippen molar-refractivity contribution in [2.75, 3.05) is 26.2 Å². The predicted molar refractivity (Wildman–Crippen MR) is 114 cm³/mol. The van der Waals surface area contributed by atoms with E-state index in [4.69, 9.17) is 4.74 Å². The van der Waals surface area contributed by atoms with E-state index in [-0.39, 0.29) is 36.5 Å². The van der Waals surface area contributed by atoms with Crippen molar-refractivity contribution in [3.8, 4) is 0 Å². The number of piperidine rings is 1. The van der Waals surface area contributed by atoms with E-state index in [9.17, 15) is 19.2 Å². The number of benzene rings is 1. The lowest BCUT2D eigenvalue weighted by atomic mass is 10.1. The molecule has 2 N–H and O–H groups in total. The normalized spacial score (nSPS) is 16.9. The smallest absolute Gasteiger partial charge is 0.410 e. The van der Waals surface area contributed by atoms with Gasteiger partial charge in [-0.2, -0.15) is 0 Å². The molecule has 2 aliphatic rings. The summed E-state index contributed by atoms with van der Waals surface area (Å²) in [5.74, 6) is -0.580. The van der Waals surface area contributed by atoms with Crippen LogP contribution in [0, 0.1) is 0 Å². The molecule has 0 radical (unpaired) electrons. The number of fused-ring (bicyclic) bond motifs is 1.